The molecule has 23 heavy (non-hydrogen) atoms. The highest BCUT2D eigenvalue weighted by Crippen LogP contribution is 2.47. The topological polar surface area (TPSA) is 61.4 Å². The number of carbonyl (C=O) groups is 2. The predicted molar refractivity (Wildman–Crippen MR) is 92.3 cm³/mol. The molecule has 2 N–H and O–H groups in total. The summed E-state index contributed by atoms with van der Waals surface area (Å²) in [6.45, 7) is 3.58. The van der Waals surface area contributed by atoms with Gasteiger partial charge in [-0.3, -0.25) is 9.59 Å². The quantitative estimate of drug-likeness (QED) is 0.570. The van der Waals surface area contributed by atoms with Crippen LogP contribution in [0.3, 0.4) is 0 Å². The smallest absolute Gasteiger partial charge is 0.240 e. The molecule has 1 saturated carbocycles. The maximum Gasteiger partial charge on any atom is 0.240 e. The maximum absolute atomic E-state index is 12.6. The Hall–Kier alpha value is -1.88. The van der Waals surface area contributed by atoms with E-state index in [-0.39, 0.29) is 11.8 Å². The van der Waals surface area contributed by atoms with Crippen molar-refractivity contribution in [3.8, 4) is 0 Å². The third-order valence-corrected chi connectivity index (χ3v) is 4.33. The molecule has 0 unspecified atom stereocenters. The van der Waals surface area contributed by atoms with Crippen LogP contribution >= 0.6 is 0 Å². The minimum atomic E-state index is -0.862. The monoisotopic (exact) mass is 317 g/mol. The van der Waals surface area contributed by atoms with E-state index in [4.69, 9.17) is 0 Å². The van der Waals surface area contributed by atoms with Gasteiger partial charge in [0.15, 0.2) is 0 Å². The zero-order chi connectivity index (χ0) is 16.9. The molecule has 0 aliphatic heterocycles. The van der Waals surface area contributed by atoms with Crippen LogP contribution in [0.15, 0.2) is 24.3 Å². The number of para-hydroxylation sites is 1. The zero-order valence-corrected chi connectivity index (χ0v) is 14.3. The summed E-state index contributed by atoms with van der Waals surface area (Å²) in [5, 5.41) is 5.86. The molecule has 0 bridgehead atoms. The fraction of sp³-hybridized carbons (Fsp3) is 0.556. The number of benzene rings is 1. The van der Waals surface area contributed by atoms with Crippen LogP contribution in [0.1, 0.15) is 31.7 Å². The lowest BCUT2D eigenvalue weighted by Gasteiger charge is -2.17. The molecule has 1 aromatic carbocycles. The van der Waals surface area contributed by atoms with Crippen LogP contribution in [0.4, 0.5) is 5.69 Å². The van der Waals surface area contributed by atoms with E-state index in [2.05, 4.69) is 22.5 Å². The van der Waals surface area contributed by atoms with Gasteiger partial charge in [0.2, 0.25) is 11.8 Å². The summed E-state index contributed by atoms with van der Waals surface area (Å²) in [6.07, 6.45) is 2.99. The summed E-state index contributed by atoms with van der Waals surface area (Å²) in [5.74, 6) is -0.314. The van der Waals surface area contributed by atoms with E-state index in [0.717, 1.165) is 30.6 Å². The van der Waals surface area contributed by atoms with Gasteiger partial charge in [0.25, 0.3) is 0 Å². The van der Waals surface area contributed by atoms with Crippen molar-refractivity contribution >= 4 is 17.5 Å². The molecule has 5 nitrogen and oxygen atoms in total. The summed E-state index contributed by atoms with van der Waals surface area (Å²) >= 11 is 0. The molecular formula is C18H27N3O2. The van der Waals surface area contributed by atoms with Crippen LogP contribution in [0.5, 0.6) is 0 Å². The highest BCUT2D eigenvalue weighted by atomic mass is 16.2. The standard InChI is InChI=1S/C18H27N3O2/c1-4-14-8-5-6-9-15(14)20-17(23)18(10-11-18)16(22)19-12-7-13-21(2)3/h5-6,8-9H,4,7,10-13H2,1-3H3,(H,19,22)(H,20,23). The van der Waals surface area contributed by atoms with Crippen molar-refractivity contribution in [2.75, 3.05) is 32.5 Å². The molecule has 1 aromatic rings. The van der Waals surface area contributed by atoms with Gasteiger partial charge in [0.1, 0.15) is 5.41 Å². The van der Waals surface area contributed by atoms with Gasteiger partial charge in [-0.25, -0.2) is 0 Å². The second-order valence-corrected chi connectivity index (χ2v) is 6.46. The highest BCUT2D eigenvalue weighted by Gasteiger charge is 2.56. The molecular weight excluding hydrogens is 290 g/mol. The van der Waals surface area contributed by atoms with E-state index < -0.39 is 5.41 Å². The molecule has 1 aliphatic carbocycles. The first-order chi connectivity index (χ1) is 11.0. The lowest BCUT2D eigenvalue weighted by molar-refractivity contribution is -0.134. The number of hydrogen-bond acceptors (Lipinski definition) is 3. The zero-order valence-electron chi connectivity index (χ0n) is 14.3. The number of amides is 2. The minimum absolute atomic E-state index is 0.136. The average molecular weight is 317 g/mol. The van der Waals surface area contributed by atoms with E-state index in [0.29, 0.717) is 19.4 Å². The van der Waals surface area contributed by atoms with Crippen molar-refractivity contribution in [2.45, 2.75) is 32.6 Å². The number of anilines is 1. The molecule has 1 aliphatic rings. The second kappa shape index (κ2) is 7.59. The van der Waals surface area contributed by atoms with Crippen LogP contribution in [-0.2, 0) is 16.0 Å². The molecule has 2 amide bonds. The summed E-state index contributed by atoms with van der Waals surface area (Å²) in [7, 11) is 4.01. The molecule has 1 fully saturated rings. The Morgan fingerprint density at radius 3 is 2.48 bits per heavy atom. The third-order valence-electron chi connectivity index (χ3n) is 4.33. The summed E-state index contributed by atoms with van der Waals surface area (Å²) in [6, 6.07) is 7.74. The first-order valence-corrected chi connectivity index (χ1v) is 8.32. The van der Waals surface area contributed by atoms with Gasteiger partial charge in [-0.15, -0.1) is 0 Å². The van der Waals surface area contributed by atoms with Gasteiger partial charge >= 0.3 is 0 Å². The van der Waals surface area contributed by atoms with E-state index in [9.17, 15) is 9.59 Å². The fourth-order valence-corrected chi connectivity index (χ4v) is 2.64. The van der Waals surface area contributed by atoms with E-state index in [1.54, 1.807) is 0 Å². The van der Waals surface area contributed by atoms with Gasteiger partial charge in [0.05, 0.1) is 0 Å². The maximum atomic E-state index is 12.6. The van der Waals surface area contributed by atoms with Crippen LogP contribution in [-0.4, -0.2) is 43.9 Å². The number of carbonyl (C=O) groups excluding carboxylic acids is 2. The first-order valence-electron chi connectivity index (χ1n) is 8.32. The van der Waals surface area contributed by atoms with E-state index >= 15 is 0 Å². The van der Waals surface area contributed by atoms with Gasteiger partial charge in [-0.1, -0.05) is 25.1 Å². The van der Waals surface area contributed by atoms with Crippen molar-refractivity contribution in [1.29, 1.82) is 0 Å². The van der Waals surface area contributed by atoms with Crippen LogP contribution < -0.4 is 10.6 Å². The van der Waals surface area contributed by atoms with Crippen molar-refractivity contribution < 1.29 is 9.59 Å². The van der Waals surface area contributed by atoms with Crippen molar-refractivity contribution in [3.05, 3.63) is 29.8 Å². The molecule has 126 valence electrons. The Morgan fingerprint density at radius 1 is 1.17 bits per heavy atom. The number of nitrogens with one attached hydrogen (secondary N) is 2. The largest absolute Gasteiger partial charge is 0.355 e. The van der Waals surface area contributed by atoms with Gasteiger partial charge in [0, 0.05) is 12.2 Å². The SMILES string of the molecule is CCc1ccccc1NC(=O)C1(C(=O)NCCCN(C)C)CC1. The molecule has 2 rings (SSSR count). The van der Waals surface area contributed by atoms with Gasteiger partial charge in [-0.05, 0) is 58.0 Å². The molecule has 0 radical (unpaired) electrons. The summed E-state index contributed by atoms with van der Waals surface area (Å²) in [4.78, 5) is 27.0. The normalized spacial score (nSPS) is 15.3. The molecule has 0 atom stereocenters. The molecule has 0 spiro atoms. The predicted octanol–water partition coefficient (Wildman–Crippen LogP) is 2.04. The third kappa shape index (κ3) is 4.32. The number of aryl methyl sites for hydroxylation is 1. The van der Waals surface area contributed by atoms with Gasteiger partial charge < -0.3 is 15.5 Å². The molecule has 5 heteroatoms. The van der Waals surface area contributed by atoms with Crippen molar-refractivity contribution in [2.24, 2.45) is 5.41 Å². The second-order valence-electron chi connectivity index (χ2n) is 6.46. The Kier molecular flexibility index (Phi) is 5.77. The number of hydrogen-bond donors (Lipinski definition) is 2. The Bertz CT molecular complexity index is 565. The highest BCUT2D eigenvalue weighted by molar-refractivity contribution is 6.13. The first kappa shape index (κ1) is 17.5. The van der Waals surface area contributed by atoms with Crippen molar-refractivity contribution in [3.63, 3.8) is 0 Å². The van der Waals surface area contributed by atoms with E-state index in [1.165, 1.54) is 0 Å². The number of rotatable bonds is 8. The summed E-state index contributed by atoms with van der Waals surface area (Å²) < 4.78 is 0. The Morgan fingerprint density at radius 2 is 1.87 bits per heavy atom. The fourth-order valence-electron chi connectivity index (χ4n) is 2.64. The Labute approximate surface area is 138 Å². The van der Waals surface area contributed by atoms with E-state index in [1.807, 2.05) is 38.4 Å². The lowest BCUT2D eigenvalue weighted by atomic mass is 10.0. The minimum Gasteiger partial charge on any atom is -0.355 e. The number of nitrogens with zero attached hydrogens (tertiary/aromatic N) is 1. The van der Waals surface area contributed by atoms with Crippen molar-refractivity contribution in [1.82, 2.24) is 10.2 Å². The molecule has 0 saturated heterocycles. The molecule has 0 heterocycles. The van der Waals surface area contributed by atoms with Crippen LogP contribution in [0.25, 0.3) is 0 Å². The average Bonchev–Trinajstić information content (AvgIpc) is 3.33. The lowest BCUT2D eigenvalue weighted by Crippen LogP contribution is -2.40. The Balaban J connectivity index is 1.91. The van der Waals surface area contributed by atoms with Crippen LogP contribution in [0.2, 0.25) is 0 Å². The van der Waals surface area contributed by atoms with Crippen LogP contribution in [0, 0.1) is 5.41 Å². The summed E-state index contributed by atoms with van der Waals surface area (Å²) in [5.41, 5.74) is 1.04. The molecule has 0 aromatic heterocycles. The van der Waals surface area contributed by atoms with Gasteiger partial charge in [-0.2, -0.15) is 0 Å².